The standard InChI is InChI=1S/C10H8BrFN4O3S/c11-7-1-5(12)2-8(16(17)18)9(7)19-4-6-3-14-10(15-13)20-6/h1-3H,4,13H2,(H,14,15). The van der Waals surface area contributed by atoms with E-state index in [1.54, 1.807) is 0 Å². The maximum absolute atomic E-state index is 13.2. The highest BCUT2D eigenvalue weighted by Crippen LogP contribution is 2.36. The van der Waals surface area contributed by atoms with Crippen molar-refractivity contribution in [2.24, 2.45) is 5.84 Å². The van der Waals surface area contributed by atoms with Gasteiger partial charge in [-0.3, -0.25) is 15.5 Å². The molecule has 0 amide bonds. The fourth-order valence-electron chi connectivity index (χ4n) is 1.41. The smallest absolute Gasteiger partial charge is 0.315 e. The predicted molar refractivity (Wildman–Crippen MR) is 75.0 cm³/mol. The second-order valence-electron chi connectivity index (χ2n) is 3.56. The number of aromatic nitrogens is 1. The van der Waals surface area contributed by atoms with Gasteiger partial charge in [0.1, 0.15) is 12.4 Å². The first-order valence-corrected chi connectivity index (χ1v) is 6.79. The minimum Gasteiger partial charge on any atom is -0.480 e. The van der Waals surface area contributed by atoms with E-state index >= 15 is 0 Å². The van der Waals surface area contributed by atoms with E-state index in [2.05, 4.69) is 26.3 Å². The normalized spacial score (nSPS) is 10.3. The molecule has 0 atom stereocenters. The second-order valence-corrected chi connectivity index (χ2v) is 5.53. The zero-order valence-electron chi connectivity index (χ0n) is 9.80. The van der Waals surface area contributed by atoms with Gasteiger partial charge in [0.25, 0.3) is 0 Å². The van der Waals surface area contributed by atoms with Gasteiger partial charge in [0, 0.05) is 6.20 Å². The van der Waals surface area contributed by atoms with Crippen molar-refractivity contribution in [3.8, 4) is 5.75 Å². The van der Waals surface area contributed by atoms with Crippen molar-refractivity contribution in [1.29, 1.82) is 0 Å². The maximum atomic E-state index is 13.2. The molecule has 3 N–H and O–H groups in total. The Morgan fingerprint density at radius 1 is 1.60 bits per heavy atom. The number of nitrogens with two attached hydrogens (primary N) is 1. The van der Waals surface area contributed by atoms with E-state index in [4.69, 9.17) is 10.6 Å². The van der Waals surface area contributed by atoms with Crippen LogP contribution in [0.2, 0.25) is 0 Å². The number of halogens is 2. The van der Waals surface area contributed by atoms with Gasteiger partial charge in [-0.1, -0.05) is 11.3 Å². The highest BCUT2D eigenvalue weighted by molar-refractivity contribution is 9.10. The highest BCUT2D eigenvalue weighted by atomic mass is 79.9. The Balaban J connectivity index is 2.22. The Kier molecular flexibility index (Phi) is 4.47. The van der Waals surface area contributed by atoms with Crippen LogP contribution in [0.1, 0.15) is 4.88 Å². The molecule has 0 unspecified atom stereocenters. The molecule has 0 radical (unpaired) electrons. The summed E-state index contributed by atoms with van der Waals surface area (Å²) in [6.45, 7) is 0.0599. The summed E-state index contributed by atoms with van der Waals surface area (Å²) in [7, 11) is 0. The van der Waals surface area contributed by atoms with Gasteiger partial charge in [-0.05, 0) is 22.0 Å². The number of nitrogens with one attached hydrogen (secondary N) is 1. The topological polar surface area (TPSA) is 103 Å². The minimum absolute atomic E-state index is 0.0351. The number of thiazole rings is 1. The third-order valence-corrected chi connectivity index (χ3v) is 3.71. The van der Waals surface area contributed by atoms with Crippen LogP contribution in [0.25, 0.3) is 0 Å². The fourth-order valence-corrected chi connectivity index (χ4v) is 2.58. The Hall–Kier alpha value is -1.78. The van der Waals surface area contributed by atoms with Crippen LogP contribution < -0.4 is 16.0 Å². The molecule has 0 spiro atoms. The summed E-state index contributed by atoms with van der Waals surface area (Å²) in [5.41, 5.74) is 1.93. The Morgan fingerprint density at radius 3 is 2.95 bits per heavy atom. The fraction of sp³-hybridized carbons (Fsp3) is 0.100. The SMILES string of the molecule is NNc1ncc(COc2c(Br)cc(F)cc2[N+](=O)[O-])s1. The molecular formula is C10H8BrFN4O3S. The maximum Gasteiger partial charge on any atom is 0.315 e. The summed E-state index contributed by atoms with van der Waals surface area (Å²) in [4.78, 5) is 14.8. The van der Waals surface area contributed by atoms with Crippen molar-refractivity contribution >= 4 is 38.1 Å². The number of nitro benzene ring substituents is 1. The van der Waals surface area contributed by atoms with Crippen molar-refractivity contribution in [3.63, 3.8) is 0 Å². The van der Waals surface area contributed by atoms with Crippen molar-refractivity contribution in [2.45, 2.75) is 6.61 Å². The zero-order chi connectivity index (χ0) is 14.7. The molecule has 0 aliphatic carbocycles. The Bertz CT molecular complexity index is 651. The first-order valence-electron chi connectivity index (χ1n) is 5.19. The number of nitrogen functional groups attached to an aromatic ring is 1. The van der Waals surface area contributed by atoms with E-state index < -0.39 is 16.4 Å². The van der Waals surface area contributed by atoms with Crippen molar-refractivity contribution in [1.82, 2.24) is 4.98 Å². The first-order chi connectivity index (χ1) is 9.51. The average Bonchev–Trinajstić information content (AvgIpc) is 2.84. The zero-order valence-corrected chi connectivity index (χ0v) is 12.2. The summed E-state index contributed by atoms with van der Waals surface area (Å²) in [5.74, 6) is 4.44. The molecule has 0 fully saturated rings. The lowest BCUT2D eigenvalue weighted by Gasteiger charge is -2.07. The molecule has 106 valence electrons. The lowest BCUT2D eigenvalue weighted by molar-refractivity contribution is -0.386. The summed E-state index contributed by atoms with van der Waals surface area (Å²) in [6.07, 6.45) is 1.53. The number of rotatable bonds is 5. The van der Waals surface area contributed by atoms with Gasteiger partial charge in [0.2, 0.25) is 5.75 Å². The van der Waals surface area contributed by atoms with Crippen LogP contribution >= 0.6 is 27.3 Å². The summed E-state index contributed by atoms with van der Waals surface area (Å²) in [5, 5.41) is 11.4. The molecule has 0 saturated carbocycles. The predicted octanol–water partition coefficient (Wildman–Crippen LogP) is 2.82. The molecule has 0 aliphatic heterocycles. The van der Waals surface area contributed by atoms with Crippen molar-refractivity contribution in [3.05, 3.63) is 43.6 Å². The van der Waals surface area contributed by atoms with Gasteiger partial charge >= 0.3 is 5.69 Å². The van der Waals surface area contributed by atoms with Crippen LogP contribution in [-0.2, 0) is 6.61 Å². The molecule has 1 aromatic carbocycles. The first kappa shape index (κ1) is 14.6. The summed E-state index contributed by atoms with van der Waals surface area (Å²) >= 11 is 4.29. The average molecular weight is 363 g/mol. The van der Waals surface area contributed by atoms with E-state index in [-0.39, 0.29) is 16.8 Å². The van der Waals surface area contributed by atoms with E-state index in [0.29, 0.717) is 10.0 Å². The monoisotopic (exact) mass is 362 g/mol. The number of nitro groups is 1. The molecule has 1 aromatic heterocycles. The lowest BCUT2D eigenvalue weighted by atomic mass is 10.3. The minimum atomic E-state index is -0.719. The van der Waals surface area contributed by atoms with Crippen LogP contribution in [0.5, 0.6) is 5.75 Å². The molecule has 0 bridgehead atoms. The van der Waals surface area contributed by atoms with E-state index in [1.165, 1.54) is 17.5 Å². The number of nitrogens with zero attached hydrogens (tertiary/aromatic N) is 2. The van der Waals surface area contributed by atoms with Crippen molar-refractivity contribution < 1.29 is 14.1 Å². The molecule has 0 saturated heterocycles. The van der Waals surface area contributed by atoms with Crippen LogP contribution in [0, 0.1) is 15.9 Å². The van der Waals surface area contributed by atoms with Crippen LogP contribution in [-0.4, -0.2) is 9.91 Å². The number of anilines is 1. The van der Waals surface area contributed by atoms with E-state index in [1.807, 2.05) is 0 Å². The molecule has 2 rings (SSSR count). The number of ether oxygens (including phenoxy) is 1. The van der Waals surface area contributed by atoms with Crippen LogP contribution in [0.4, 0.5) is 15.2 Å². The van der Waals surface area contributed by atoms with Crippen LogP contribution in [0.15, 0.2) is 22.8 Å². The number of hydrogen-bond donors (Lipinski definition) is 2. The lowest BCUT2D eigenvalue weighted by Crippen LogP contribution is -2.05. The number of hydrazine groups is 1. The Morgan fingerprint density at radius 2 is 2.35 bits per heavy atom. The van der Waals surface area contributed by atoms with E-state index in [0.717, 1.165) is 12.1 Å². The quantitative estimate of drug-likeness (QED) is 0.481. The molecule has 7 nitrogen and oxygen atoms in total. The van der Waals surface area contributed by atoms with Gasteiger partial charge in [-0.2, -0.15) is 0 Å². The van der Waals surface area contributed by atoms with Gasteiger partial charge in [0.05, 0.1) is 20.3 Å². The summed E-state index contributed by atoms with van der Waals surface area (Å²) in [6, 6.07) is 1.90. The number of benzene rings is 1. The largest absolute Gasteiger partial charge is 0.480 e. The molecule has 2 aromatic rings. The van der Waals surface area contributed by atoms with Crippen LogP contribution in [0.3, 0.4) is 0 Å². The third kappa shape index (κ3) is 3.21. The van der Waals surface area contributed by atoms with Gasteiger partial charge in [-0.25, -0.2) is 15.2 Å². The van der Waals surface area contributed by atoms with E-state index in [9.17, 15) is 14.5 Å². The molecular weight excluding hydrogens is 355 g/mol. The second kappa shape index (κ2) is 6.11. The van der Waals surface area contributed by atoms with Crippen molar-refractivity contribution in [2.75, 3.05) is 5.43 Å². The van der Waals surface area contributed by atoms with Gasteiger partial charge in [0.15, 0.2) is 5.13 Å². The van der Waals surface area contributed by atoms with Gasteiger partial charge < -0.3 is 4.74 Å². The third-order valence-electron chi connectivity index (χ3n) is 2.22. The van der Waals surface area contributed by atoms with Gasteiger partial charge in [-0.15, -0.1) is 0 Å². The molecule has 1 heterocycles. The molecule has 0 aliphatic rings. The summed E-state index contributed by atoms with van der Waals surface area (Å²) < 4.78 is 18.7. The number of hydrogen-bond acceptors (Lipinski definition) is 7. The molecule has 10 heteroatoms. The molecule has 20 heavy (non-hydrogen) atoms. The highest BCUT2D eigenvalue weighted by Gasteiger charge is 2.21. The Labute approximate surface area is 124 Å².